The van der Waals surface area contributed by atoms with Crippen LogP contribution in [0.25, 0.3) is 0 Å². The Morgan fingerprint density at radius 3 is 2.72 bits per heavy atom. The molecule has 2 fully saturated rings. The third kappa shape index (κ3) is 1.63. The first-order chi connectivity index (χ1) is 8.70. The van der Waals surface area contributed by atoms with Crippen molar-refractivity contribution in [1.29, 1.82) is 0 Å². The molecule has 2 aliphatic rings. The smallest absolute Gasteiger partial charge is 0.0590 e. The Hall–Kier alpha value is -0.860. The van der Waals surface area contributed by atoms with E-state index in [2.05, 4.69) is 49.5 Å². The largest absolute Gasteiger partial charge is 0.378 e. The molecule has 0 spiro atoms. The number of fused-ring (bicyclic) bond motifs is 1. The van der Waals surface area contributed by atoms with Gasteiger partial charge < -0.3 is 10.1 Å². The minimum absolute atomic E-state index is 0.272. The summed E-state index contributed by atoms with van der Waals surface area (Å²) < 4.78 is 5.92. The summed E-state index contributed by atoms with van der Waals surface area (Å²) in [4.78, 5) is 0. The van der Waals surface area contributed by atoms with Crippen LogP contribution in [0.5, 0.6) is 0 Å². The molecular weight excluding hydrogens is 222 g/mol. The summed E-state index contributed by atoms with van der Waals surface area (Å²) >= 11 is 0. The number of nitrogens with one attached hydrogen (secondary N) is 1. The van der Waals surface area contributed by atoms with E-state index in [-0.39, 0.29) is 5.41 Å². The van der Waals surface area contributed by atoms with Gasteiger partial charge in [0.05, 0.1) is 6.10 Å². The second-order valence-electron chi connectivity index (χ2n) is 6.10. The molecule has 2 heteroatoms. The molecule has 0 aromatic heterocycles. The molecule has 3 atom stereocenters. The van der Waals surface area contributed by atoms with Gasteiger partial charge in [0.1, 0.15) is 0 Å². The van der Waals surface area contributed by atoms with Crippen LogP contribution in [0.3, 0.4) is 0 Å². The highest BCUT2D eigenvalue weighted by Crippen LogP contribution is 2.56. The zero-order valence-corrected chi connectivity index (χ0v) is 11.4. The van der Waals surface area contributed by atoms with Crippen LogP contribution in [0, 0.1) is 5.41 Å². The molecule has 98 valence electrons. The van der Waals surface area contributed by atoms with E-state index in [9.17, 15) is 0 Å². The van der Waals surface area contributed by atoms with Crippen molar-refractivity contribution in [2.75, 3.05) is 19.7 Å². The molecule has 3 rings (SSSR count). The van der Waals surface area contributed by atoms with Crippen molar-refractivity contribution in [3.05, 3.63) is 35.9 Å². The fourth-order valence-electron chi connectivity index (χ4n) is 4.16. The van der Waals surface area contributed by atoms with Crippen molar-refractivity contribution in [3.8, 4) is 0 Å². The quantitative estimate of drug-likeness (QED) is 0.884. The van der Waals surface area contributed by atoms with E-state index in [0.717, 1.165) is 26.1 Å². The van der Waals surface area contributed by atoms with Crippen molar-refractivity contribution in [2.45, 2.75) is 38.2 Å². The molecule has 1 N–H and O–H groups in total. The number of hydrogen-bond donors (Lipinski definition) is 1. The maximum Gasteiger partial charge on any atom is 0.0590 e. The average molecular weight is 245 g/mol. The van der Waals surface area contributed by atoms with Crippen LogP contribution in [-0.2, 0) is 10.2 Å². The standard InChI is InChI=1S/C16H23NO/c1-3-18-14-9-15(2)11-17-12-16(15,10-14)13-7-5-4-6-8-13/h4-8,14,17H,3,9-12H2,1-2H3. The van der Waals surface area contributed by atoms with E-state index >= 15 is 0 Å². The Morgan fingerprint density at radius 1 is 1.22 bits per heavy atom. The molecule has 1 aromatic carbocycles. The van der Waals surface area contributed by atoms with E-state index < -0.39 is 0 Å². The van der Waals surface area contributed by atoms with Gasteiger partial charge in [-0.25, -0.2) is 0 Å². The van der Waals surface area contributed by atoms with Crippen molar-refractivity contribution >= 4 is 0 Å². The molecule has 0 radical (unpaired) electrons. The predicted octanol–water partition coefficient (Wildman–Crippen LogP) is 2.73. The lowest BCUT2D eigenvalue weighted by Crippen LogP contribution is -2.38. The van der Waals surface area contributed by atoms with Gasteiger partial charge in [-0.3, -0.25) is 0 Å². The van der Waals surface area contributed by atoms with Gasteiger partial charge in [0, 0.05) is 25.1 Å². The molecule has 1 aliphatic heterocycles. The van der Waals surface area contributed by atoms with Crippen LogP contribution < -0.4 is 5.32 Å². The molecule has 3 unspecified atom stereocenters. The molecule has 1 saturated carbocycles. The molecule has 0 amide bonds. The minimum Gasteiger partial charge on any atom is -0.378 e. The van der Waals surface area contributed by atoms with Crippen LogP contribution >= 0.6 is 0 Å². The van der Waals surface area contributed by atoms with Crippen LogP contribution in [0.1, 0.15) is 32.3 Å². The van der Waals surface area contributed by atoms with Gasteiger partial charge >= 0.3 is 0 Å². The molecular formula is C16H23NO. The highest BCUT2D eigenvalue weighted by molar-refractivity contribution is 5.34. The molecule has 1 aliphatic carbocycles. The Kier molecular flexibility index (Phi) is 2.95. The molecule has 0 bridgehead atoms. The lowest BCUT2D eigenvalue weighted by Gasteiger charge is -2.37. The Balaban J connectivity index is 1.98. The van der Waals surface area contributed by atoms with Crippen molar-refractivity contribution in [3.63, 3.8) is 0 Å². The predicted molar refractivity (Wildman–Crippen MR) is 73.7 cm³/mol. The van der Waals surface area contributed by atoms with Crippen LogP contribution in [0.2, 0.25) is 0 Å². The summed E-state index contributed by atoms with van der Waals surface area (Å²) in [6.45, 7) is 7.57. The first-order valence-corrected chi connectivity index (χ1v) is 7.08. The van der Waals surface area contributed by atoms with E-state index in [1.165, 1.54) is 12.0 Å². The summed E-state index contributed by atoms with van der Waals surface area (Å²) in [6, 6.07) is 11.0. The maximum atomic E-state index is 5.92. The number of ether oxygens (including phenoxy) is 1. The molecule has 1 saturated heterocycles. The SMILES string of the molecule is CCOC1CC2(C)CNCC2(c2ccccc2)C1. The molecule has 1 aromatic rings. The van der Waals surface area contributed by atoms with E-state index in [1.807, 2.05) is 0 Å². The van der Waals surface area contributed by atoms with Crippen LogP contribution in [-0.4, -0.2) is 25.8 Å². The summed E-state index contributed by atoms with van der Waals surface area (Å²) in [7, 11) is 0. The third-order valence-corrected chi connectivity index (χ3v) is 5.08. The average Bonchev–Trinajstić information content (AvgIpc) is 2.81. The number of hydrogen-bond acceptors (Lipinski definition) is 2. The zero-order valence-electron chi connectivity index (χ0n) is 11.4. The lowest BCUT2D eigenvalue weighted by molar-refractivity contribution is 0.0582. The van der Waals surface area contributed by atoms with Gasteiger partial charge in [-0.2, -0.15) is 0 Å². The van der Waals surface area contributed by atoms with E-state index in [1.54, 1.807) is 0 Å². The van der Waals surface area contributed by atoms with E-state index in [4.69, 9.17) is 4.74 Å². The third-order valence-electron chi connectivity index (χ3n) is 5.08. The Bertz CT molecular complexity index is 418. The topological polar surface area (TPSA) is 21.3 Å². The summed E-state index contributed by atoms with van der Waals surface area (Å²) in [5.74, 6) is 0. The van der Waals surface area contributed by atoms with Crippen molar-refractivity contribution in [2.24, 2.45) is 5.41 Å². The van der Waals surface area contributed by atoms with E-state index in [0.29, 0.717) is 11.5 Å². The van der Waals surface area contributed by atoms with Gasteiger partial charge in [0.15, 0.2) is 0 Å². The zero-order chi connectivity index (χ0) is 12.6. The van der Waals surface area contributed by atoms with Gasteiger partial charge in [0.2, 0.25) is 0 Å². The summed E-state index contributed by atoms with van der Waals surface area (Å²) in [5.41, 5.74) is 2.10. The highest BCUT2D eigenvalue weighted by Gasteiger charge is 2.59. The number of rotatable bonds is 3. The Morgan fingerprint density at radius 2 is 2.00 bits per heavy atom. The lowest BCUT2D eigenvalue weighted by atomic mass is 9.65. The fourth-order valence-corrected chi connectivity index (χ4v) is 4.16. The second kappa shape index (κ2) is 4.36. The summed E-state index contributed by atoms with van der Waals surface area (Å²) in [6.07, 6.45) is 2.78. The van der Waals surface area contributed by atoms with Crippen LogP contribution in [0.4, 0.5) is 0 Å². The monoisotopic (exact) mass is 245 g/mol. The molecule has 18 heavy (non-hydrogen) atoms. The highest BCUT2D eigenvalue weighted by atomic mass is 16.5. The van der Waals surface area contributed by atoms with Gasteiger partial charge in [-0.15, -0.1) is 0 Å². The normalized spacial score (nSPS) is 38.9. The van der Waals surface area contributed by atoms with Gasteiger partial charge in [0.25, 0.3) is 0 Å². The maximum absolute atomic E-state index is 5.92. The first-order valence-electron chi connectivity index (χ1n) is 7.08. The fraction of sp³-hybridized carbons (Fsp3) is 0.625. The van der Waals surface area contributed by atoms with Crippen LogP contribution in [0.15, 0.2) is 30.3 Å². The number of benzene rings is 1. The summed E-state index contributed by atoms with van der Waals surface area (Å²) in [5, 5.41) is 3.61. The van der Waals surface area contributed by atoms with Crippen molar-refractivity contribution in [1.82, 2.24) is 5.32 Å². The molecule has 2 nitrogen and oxygen atoms in total. The van der Waals surface area contributed by atoms with Gasteiger partial charge in [-0.1, -0.05) is 37.3 Å². The minimum atomic E-state index is 0.272. The molecule has 1 heterocycles. The van der Waals surface area contributed by atoms with Gasteiger partial charge in [-0.05, 0) is 30.7 Å². The van der Waals surface area contributed by atoms with Crippen molar-refractivity contribution < 1.29 is 4.74 Å². The first kappa shape index (κ1) is 12.2. The Labute approximate surface area is 110 Å². The second-order valence-corrected chi connectivity index (χ2v) is 6.10.